The Morgan fingerprint density at radius 1 is 1.21 bits per heavy atom. The molecule has 0 aromatic carbocycles. The van der Waals surface area contributed by atoms with Crippen LogP contribution in [0.1, 0.15) is 57.2 Å². The van der Waals surface area contributed by atoms with Crippen LogP contribution in [0.25, 0.3) is 0 Å². The molecule has 1 saturated carbocycles. The number of hydrogen-bond acceptors (Lipinski definition) is 3. The zero-order valence-electron chi connectivity index (χ0n) is 14.0. The first-order valence-corrected chi connectivity index (χ1v) is 8.36. The van der Waals surface area contributed by atoms with E-state index in [0.717, 1.165) is 30.5 Å². The second-order valence-electron chi connectivity index (χ2n) is 7.75. The number of anilines is 1. The van der Waals surface area contributed by atoms with Crippen molar-refractivity contribution in [1.29, 1.82) is 0 Å². The standard InChI is InChI=1S/C17H22F3N3O/c1-15(2)8-5-12-11(9-15)10-21-14(22-12)23-13(24)16(17(18,19)20)6-3-4-7-16/h10H,3-9H2,1-2H3,(H,21,22,23,24). The first-order valence-electron chi connectivity index (χ1n) is 8.36. The average Bonchev–Trinajstić information content (AvgIpc) is 2.97. The Morgan fingerprint density at radius 2 is 1.88 bits per heavy atom. The molecule has 0 unspecified atom stereocenters. The summed E-state index contributed by atoms with van der Waals surface area (Å²) >= 11 is 0. The Bertz CT molecular complexity index is 649. The summed E-state index contributed by atoms with van der Waals surface area (Å²) in [5.74, 6) is -1.04. The van der Waals surface area contributed by atoms with Crippen LogP contribution in [-0.2, 0) is 17.6 Å². The lowest BCUT2D eigenvalue weighted by molar-refractivity contribution is -0.217. The second-order valence-corrected chi connectivity index (χ2v) is 7.75. The third-order valence-electron chi connectivity index (χ3n) is 5.32. The number of amides is 1. The van der Waals surface area contributed by atoms with Gasteiger partial charge in [0.2, 0.25) is 11.9 Å². The van der Waals surface area contributed by atoms with E-state index in [2.05, 4.69) is 29.1 Å². The summed E-state index contributed by atoms with van der Waals surface area (Å²) in [7, 11) is 0. The largest absolute Gasteiger partial charge is 0.403 e. The van der Waals surface area contributed by atoms with Crippen molar-refractivity contribution in [2.24, 2.45) is 10.8 Å². The van der Waals surface area contributed by atoms with Crippen molar-refractivity contribution in [3.05, 3.63) is 17.5 Å². The van der Waals surface area contributed by atoms with Crippen LogP contribution in [0.3, 0.4) is 0 Å². The zero-order valence-corrected chi connectivity index (χ0v) is 14.0. The van der Waals surface area contributed by atoms with E-state index in [1.807, 2.05) is 0 Å². The molecule has 1 N–H and O–H groups in total. The molecule has 0 radical (unpaired) electrons. The third kappa shape index (κ3) is 3.00. The van der Waals surface area contributed by atoms with Crippen LogP contribution in [0.2, 0.25) is 0 Å². The Morgan fingerprint density at radius 3 is 2.50 bits per heavy atom. The molecule has 132 valence electrons. The van der Waals surface area contributed by atoms with Crippen LogP contribution in [0.4, 0.5) is 19.1 Å². The van der Waals surface area contributed by atoms with E-state index in [9.17, 15) is 18.0 Å². The SMILES string of the molecule is CC1(C)CCc2nc(NC(=O)C3(C(F)(F)F)CCCC3)ncc2C1. The maximum absolute atomic E-state index is 13.4. The lowest BCUT2D eigenvalue weighted by atomic mass is 9.76. The summed E-state index contributed by atoms with van der Waals surface area (Å²) in [6.07, 6.45) is 0.112. The maximum Gasteiger partial charge on any atom is 0.403 e. The first kappa shape index (κ1) is 17.2. The van der Waals surface area contributed by atoms with Crippen molar-refractivity contribution in [1.82, 2.24) is 9.97 Å². The Kier molecular flexibility index (Phi) is 4.08. The number of rotatable bonds is 2. The molecule has 0 saturated heterocycles. The summed E-state index contributed by atoms with van der Waals surface area (Å²) in [6.45, 7) is 4.33. The van der Waals surface area contributed by atoms with Crippen LogP contribution >= 0.6 is 0 Å². The van der Waals surface area contributed by atoms with Crippen molar-refractivity contribution < 1.29 is 18.0 Å². The molecule has 1 aromatic heterocycles. The lowest BCUT2D eigenvalue weighted by Crippen LogP contribution is -2.46. The monoisotopic (exact) mass is 341 g/mol. The smallest absolute Gasteiger partial charge is 0.294 e. The molecule has 24 heavy (non-hydrogen) atoms. The van der Waals surface area contributed by atoms with Gasteiger partial charge in [-0.05, 0) is 43.1 Å². The van der Waals surface area contributed by atoms with Gasteiger partial charge in [0.1, 0.15) is 5.41 Å². The number of nitrogens with zero attached hydrogens (tertiary/aromatic N) is 2. The van der Waals surface area contributed by atoms with Crippen molar-refractivity contribution in [3.63, 3.8) is 0 Å². The third-order valence-corrected chi connectivity index (χ3v) is 5.32. The summed E-state index contributed by atoms with van der Waals surface area (Å²) in [5, 5.41) is 2.32. The Balaban J connectivity index is 1.80. The number of carbonyl (C=O) groups is 1. The van der Waals surface area contributed by atoms with E-state index in [4.69, 9.17) is 0 Å². The molecule has 0 atom stereocenters. The lowest BCUT2D eigenvalue weighted by Gasteiger charge is -2.31. The van der Waals surface area contributed by atoms with Gasteiger partial charge in [0.25, 0.3) is 0 Å². The minimum atomic E-state index is -4.55. The molecular formula is C17H22F3N3O. The number of alkyl halides is 3. The van der Waals surface area contributed by atoms with Gasteiger partial charge in [0, 0.05) is 11.9 Å². The number of halogens is 3. The van der Waals surface area contributed by atoms with Gasteiger partial charge in [-0.2, -0.15) is 13.2 Å². The molecule has 0 spiro atoms. The van der Waals surface area contributed by atoms with Gasteiger partial charge in [0.15, 0.2) is 0 Å². The van der Waals surface area contributed by atoms with Crippen LogP contribution in [0, 0.1) is 10.8 Å². The summed E-state index contributed by atoms with van der Waals surface area (Å²) < 4.78 is 40.3. The van der Waals surface area contributed by atoms with Crippen molar-refractivity contribution in [2.75, 3.05) is 5.32 Å². The number of nitrogens with one attached hydrogen (secondary N) is 1. The summed E-state index contributed by atoms with van der Waals surface area (Å²) in [5.41, 5.74) is -0.290. The molecule has 2 aliphatic rings. The molecule has 1 aromatic rings. The highest BCUT2D eigenvalue weighted by Gasteiger charge is 2.61. The number of fused-ring (bicyclic) bond motifs is 1. The van der Waals surface area contributed by atoms with E-state index >= 15 is 0 Å². The van der Waals surface area contributed by atoms with E-state index in [1.165, 1.54) is 0 Å². The summed E-state index contributed by atoms with van der Waals surface area (Å²) in [4.78, 5) is 20.7. The van der Waals surface area contributed by atoms with Crippen LogP contribution in [-0.4, -0.2) is 22.1 Å². The quantitative estimate of drug-likeness (QED) is 0.883. The fourth-order valence-electron chi connectivity index (χ4n) is 3.77. The molecule has 0 aliphatic heterocycles. The van der Waals surface area contributed by atoms with Crippen molar-refractivity contribution in [3.8, 4) is 0 Å². The maximum atomic E-state index is 13.4. The first-order chi connectivity index (χ1) is 11.1. The van der Waals surface area contributed by atoms with E-state index in [0.29, 0.717) is 12.8 Å². The molecule has 1 fully saturated rings. The van der Waals surface area contributed by atoms with E-state index in [-0.39, 0.29) is 24.2 Å². The highest BCUT2D eigenvalue weighted by Crippen LogP contribution is 2.51. The van der Waals surface area contributed by atoms with Crippen LogP contribution in [0.5, 0.6) is 0 Å². The second kappa shape index (κ2) is 5.70. The van der Waals surface area contributed by atoms with Gasteiger partial charge >= 0.3 is 6.18 Å². The van der Waals surface area contributed by atoms with Crippen LogP contribution < -0.4 is 5.32 Å². The van der Waals surface area contributed by atoms with E-state index in [1.54, 1.807) is 6.20 Å². The fraction of sp³-hybridized carbons (Fsp3) is 0.706. The highest BCUT2D eigenvalue weighted by molar-refractivity contribution is 5.94. The Labute approximate surface area is 139 Å². The number of aromatic nitrogens is 2. The molecule has 7 heteroatoms. The molecular weight excluding hydrogens is 319 g/mol. The predicted octanol–water partition coefficient (Wildman–Crippen LogP) is 4.05. The van der Waals surface area contributed by atoms with Gasteiger partial charge < -0.3 is 0 Å². The molecule has 1 heterocycles. The van der Waals surface area contributed by atoms with Gasteiger partial charge in [-0.3, -0.25) is 10.1 Å². The minimum absolute atomic E-state index is 0.0195. The van der Waals surface area contributed by atoms with Crippen molar-refractivity contribution >= 4 is 11.9 Å². The normalized spacial score (nSPS) is 22.0. The molecule has 4 nitrogen and oxygen atoms in total. The molecule has 1 amide bonds. The topological polar surface area (TPSA) is 54.9 Å². The van der Waals surface area contributed by atoms with Gasteiger partial charge in [0.05, 0.1) is 0 Å². The average molecular weight is 341 g/mol. The summed E-state index contributed by atoms with van der Waals surface area (Å²) in [6, 6.07) is 0. The number of hydrogen-bond donors (Lipinski definition) is 1. The molecule has 2 aliphatic carbocycles. The molecule has 0 bridgehead atoms. The Hall–Kier alpha value is -1.66. The van der Waals surface area contributed by atoms with Gasteiger partial charge in [-0.25, -0.2) is 9.97 Å². The number of carbonyl (C=O) groups excluding carboxylic acids is 1. The van der Waals surface area contributed by atoms with Crippen LogP contribution in [0.15, 0.2) is 6.20 Å². The van der Waals surface area contributed by atoms with Crippen molar-refractivity contribution in [2.45, 2.75) is 65.0 Å². The highest BCUT2D eigenvalue weighted by atomic mass is 19.4. The fourth-order valence-corrected chi connectivity index (χ4v) is 3.77. The molecule has 3 rings (SSSR count). The zero-order chi connectivity index (χ0) is 17.6. The van der Waals surface area contributed by atoms with Gasteiger partial charge in [-0.15, -0.1) is 0 Å². The number of aryl methyl sites for hydroxylation is 1. The van der Waals surface area contributed by atoms with E-state index < -0.39 is 17.5 Å². The minimum Gasteiger partial charge on any atom is -0.294 e. The predicted molar refractivity (Wildman–Crippen MR) is 83.4 cm³/mol. The van der Waals surface area contributed by atoms with Gasteiger partial charge in [-0.1, -0.05) is 26.7 Å².